The zero-order chi connectivity index (χ0) is 12.8. The van der Waals surface area contributed by atoms with Crippen LogP contribution in [0.4, 0.5) is 0 Å². The van der Waals surface area contributed by atoms with Gasteiger partial charge in [-0.1, -0.05) is 18.2 Å². The molecule has 2 rings (SSSR count). The van der Waals surface area contributed by atoms with Gasteiger partial charge in [0.15, 0.2) is 0 Å². The van der Waals surface area contributed by atoms with Gasteiger partial charge in [-0.15, -0.1) is 11.8 Å². The standard InChI is InChI=1S/C14H13NO2S/c1-17-14(16)11-7-8-12(15-9-11)10-18-13-5-3-2-4-6-13/h2-9H,10H2,1H3. The number of carbonyl (C=O) groups excluding carboxylic acids is 1. The van der Waals surface area contributed by atoms with Crippen molar-refractivity contribution in [2.75, 3.05) is 7.11 Å². The van der Waals surface area contributed by atoms with E-state index in [2.05, 4.69) is 21.9 Å². The molecule has 0 N–H and O–H groups in total. The van der Waals surface area contributed by atoms with E-state index >= 15 is 0 Å². The van der Waals surface area contributed by atoms with Crippen molar-refractivity contribution in [3.05, 3.63) is 59.9 Å². The molecular weight excluding hydrogens is 246 g/mol. The fraction of sp³-hybridized carbons (Fsp3) is 0.143. The van der Waals surface area contributed by atoms with Gasteiger partial charge >= 0.3 is 5.97 Å². The Bertz CT molecular complexity index is 511. The van der Waals surface area contributed by atoms with E-state index in [9.17, 15) is 4.79 Å². The number of benzene rings is 1. The molecule has 0 unspecified atom stereocenters. The number of hydrogen-bond acceptors (Lipinski definition) is 4. The van der Waals surface area contributed by atoms with Crippen molar-refractivity contribution in [3.8, 4) is 0 Å². The van der Waals surface area contributed by atoms with Gasteiger partial charge in [-0.3, -0.25) is 4.98 Å². The number of carbonyl (C=O) groups is 1. The number of hydrogen-bond donors (Lipinski definition) is 0. The fourth-order valence-electron chi connectivity index (χ4n) is 1.42. The van der Waals surface area contributed by atoms with Crippen LogP contribution in [0.3, 0.4) is 0 Å². The third-order valence-corrected chi connectivity index (χ3v) is 3.42. The van der Waals surface area contributed by atoms with E-state index in [0.29, 0.717) is 5.56 Å². The minimum atomic E-state index is -0.357. The average molecular weight is 259 g/mol. The first-order chi connectivity index (χ1) is 8.79. The molecule has 0 saturated heterocycles. The number of nitrogens with zero attached hydrogens (tertiary/aromatic N) is 1. The van der Waals surface area contributed by atoms with Crippen LogP contribution < -0.4 is 0 Å². The lowest BCUT2D eigenvalue weighted by Gasteiger charge is -2.02. The first-order valence-electron chi connectivity index (χ1n) is 5.50. The van der Waals surface area contributed by atoms with Crippen LogP contribution >= 0.6 is 11.8 Å². The summed E-state index contributed by atoms with van der Waals surface area (Å²) in [5, 5.41) is 0. The van der Waals surface area contributed by atoms with Gasteiger partial charge in [0.1, 0.15) is 0 Å². The Morgan fingerprint density at radius 1 is 1.22 bits per heavy atom. The summed E-state index contributed by atoms with van der Waals surface area (Å²) in [5.74, 6) is 0.426. The Balaban J connectivity index is 1.97. The molecule has 4 heteroatoms. The Morgan fingerprint density at radius 3 is 2.61 bits per heavy atom. The molecule has 0 spiro atoms. The van der Waals surface area contributed by atoms with Gasteiger partial charge in [0.05, 0.1) is 18.4 Å². The minimum absolute atomic E-state index is 0.357. The molecule has 1 aromatic heterocycles. The number of pyridine rings is 1. The van der Waals surface area contributed by atoms with Crippen molar-refractivity contribution >= 4 is 17.7 Å². The summed E-state index contributed by atoms with van der Waals surface area (Å²) in [7, 11) is 1.36. The van der Waals surface area contributed by atoms with Crippen LogP contribution in [0.5, 0.6) is 0 Å². The summed E-state index contributed by atoms with van der Waals surface area (Å²) in [4.78, 5) is 16.7. The fourth-order valence-corrected chi connectivity index (χ4v) is 2.26. The van der Waals surface area contributed by atoms with Crippen LogP contribution in [0.15, 0.2) is 53.6 Å². The van der Waals surface area contributed by atoms with Gasteiger partial charge in [-0.25, -0.2) is 4.79 Å². The predicted octanol–water partition coefficient (Wildman–Crippen LogP) is 3.16. The van der Waals surface area contributed by atoms with Crippen molar-refractivity contribution < 1.29 is 9.53 Å². The van der Waals surface area contributed by atoms with E-state index < -0.39 is 0 Å². The van der Waals surface area contributed by atoms with E-state index in [1.54, 1.807) is 24.0 Å². The van der Waals surface area contributed by atoms with Gasteiger partial charge in [-0.05, 0) is 24.3 Å². The molecule has 0 fully saturated rings. The smallest absolute Gasteiger partial charge is 0.339 e. The Labute approximate surface area is 110 Å². The van der Waals surface area contributed by atoms with E-state index in [4.69, 9.17) is 0 Å². The maximum Gasteiger partial charge on any atom is 0.339 e. The number of thioether (sulfide) groups is 1. The van der Waals surface area contributed by atoms with E-state index in [-0.39, 0.29) is 5.97 Å². The molecule has 2 aromatic rings. The maximum absolute atomic E-state index is 11.2. The molecule has 0 aliphatic rings. The summed E-state index contributed by atoms with van der Waals surface area (Å²) < 4.78 is 4.62. The number of aromatic nitrogens is 1. The molecule has 92 valence electrons. The average Bonchev–Trinajstić information content (AvgIpc) is 2.46. The van der Waals surface area contributed by atoms with Crippen molar-refractivity contribution in [1.29, 1.82) is 0 Å². The quantitative estimate of drug-likeness (QED) is 0.624. The second kappa shape index (κ2) is 6.21. The van der Waals surface area contributed by atoms with Crippen LogP contribution in [0, 0.1) is 0 Å². The third kappa shape index (κ3) is 3.34. The molecule has 1 aromatic carbocycles. The SMILES string of the molecule is COC(=O)c1ccc(CSc2ccccc2)nc1. The van der Waals surface area contributed by atoms with Gasteiger partial charge in [0.2, 0.25) is 0 Å². The highest BCUT2D eigenvalue weighted by Crippen LogP contribution is 2.21. The number of methoxy groups -OCH3 is 1. The molecule has 3 nitrogen and oxygen atoms in total. The Morgan fingerprint density at radius 2 is 2.00 bits per heavy atom. The van der Waals surface area contributed by atoms with E-state index in [0.717, 1.165) is 11.4 Å². The third-order valence-electron chi connectivity index (χ3n) is 2.38. The molecule has 0 aliphatic carbocycles. The Hall–Kier alpha value is -1.81. The van der Waals surface area contributed by atoms with Crippen molar-refractivity contribution in [2.24, 2.45) is 0 Å². The topological polar surface area (TPSA) is 39.2 Å². The summed E-state index contributed by atoms with van der Waals surface area (Å²) in [6, 6.07) is 13.7. The second-order valence-corrected chi connectivity index (χ2v) is 4.68. The molecule has 0 radical (unpaired) electrons. The molecule has 0 amide bonds. The van der Waals surface area contributed by atoms with Gasteiger partial charge in [-0.2, -0.15) is 0 Å². The van der Waals surface area contributed by atoms with Crippen LogP contribution in [0.2, 0.25) is 0 Å². The van der Waals surface area contributed by atoms with Gasteiger partial charge in [0, 0.05) is 16.8 Å². The van der Waals surface area contributed by atoms with Crippen molar-refractivity contribution in [3.63, 3.8) is 0 Å². The zero-order valence-corrected chi connectivity index (χ0v) is 10.8. The number of rotatable bonds is 4. The summed E-state index contributed by atoms with van der Waals surface area (Å²) in [6.07, 6.45) is 1.55. The van der Waals surface area contributed by atoms with Crippen LogP contribution in [-0.4, -0.2) is 18.1 Å². The largest absolute Gasteiger partial charge is 0.465 e. The molecule has 1 heterocycles. The number of esters is 1. The molecule has 0 atom stereocenters. The molecule has 0 aliphatic heterocycles. The minimum Gasteiger partial charge on any atom is -0.465 e. The summed E-state index contributed by atoms with van der Waals surface area (Å²) in [6.45, 7) is 0. The molecule has 18 heavy (non-hydrogen) atoms. The first kappa shape index (κ1) is 12.6. The van der Waals surface area contributed by atoms with E-state index in [1.165, 1.54) is 12.0 Å². The first-order valence-corrected chi connectivity index (χ1v) is 6.49. The summed E-state index contributed by atoms with van der Waals surface area (Å²) >= 11 is 1.71. The predicted molar refractivity (Wildman–Crippen MR) is 71.6 cm³/mol. The maximum atomic E-state index is 11.2. The highest BCUT2D eigenvalue weighted by Gasteiger charge is 2.05. The normalized spacial score (nSPS) is 10.1. The highest BCUT2D eigenvalue weighted by atomic mass is 32.2. The lowest BCUT2D eigenvalue weighted by atomic mass is 10.2. The number of ether oxygens (including phenoxy) is 1. The van der Waals surface area contributed by atoms with Crippen molar-refractivity contribution in [1.82, 2.24) is 4.98 Å². The van der Waals surface area contributed by atoms with Crippen LogP contribution in [0.1, 0.15) is 16.1 Å². The highest BCUT2D eigenvalue weighted by molar-refractivity contribution is 7.98. The molecular formula is C14H13NO2S. The van der Waals surface area contributed by atoms with Crippen LogP contribution in [-0.2, 0) is 10.5 Å². The Kier molecular flexibility index (Phi) is 4.36. The van der Waals surface area contributed by atoms with Gasteiger partial charge in [0.25, 0.3) is 0 Å². The van der Waals surface area contributed by atoms with Gasteiger partial charge < -0.3 is 4.74 Å². The second-order valence-electron chi connectivity index (χ2n) is 3.63. The molecule has 0 saturated carbocycles. The summed E-state index contributed by atoms with van der Waals surface area (Å²) in [5.41, 5.74) is 1.42. The molecule has 0 bridgehead atoms. The van der Waals surface area contributed by atoms with E-state index in [1.807, 2.05) is 24.3 Å². The zero-order valence-electron chi connectivity index (χ0n) is 10.00. The van der Waals surface area contributed by atoms with Crippen molar-refractivity contribution in [2.45, 2.75) is 10.6 Å². The monoisotopic (exact) mass is 259 g/mol. The lowest BCUT2D eigenvalue weighted by Crippen LogP contribution is -2.02. The van der Waals surface area contributed by atoms with Crippen LogP contribution in [0.25, 0.3) is 0 Å². The lowest BCUT2D eigenvalue weighted by molar-refractivity contribution is 0.0600.